The van der Waals surface area contributed by atoms with E-state index in [0.29, 0.717) is 0 Å². The van der Waals surface area contributed by atoms with E-state index in [-0.39, 0.29) is 12.4 Å². The van der Waals surface area contributed by atoms with E-state index in [1.165, 1.54) is 13.0 Å². The van der Waals surface area contributed by atoms with E-state index >= 15 is 0 Å². The van der Waals surface area contributed by atoms with Crippen LogP contribution in [0.5, 0.6) is 0 Å². The number of hydrogen-bond donors (Lipinski definition) is 0. The normalized spacial score (nSPS) is 11.1. The third kappa shape index (κ3) is 5.30. The molecule has 0 saturated carbocycles. The van der Waals surface area contributed by atoms with Gasteiger partial charge in [-0.25, -0.2) is 0 Å². The molecule has 0 aromatic carbocycles. The minimum Gasteiger partial charge on any atom is -1.00 e. The standard InChI is InChI=1S/C11H20NO.ClH/c1-10-7-8-11(13-10)6-5-9-12(2,3)4;/h7-8H,5-6,9H2,1-4H3;1H/q+1;/p-1. The Morgan fingerprint density at radius 3 is 2.29 bits per heavy atom. The third-order valence-corrected chi connectivity index (χ3v) is 2.05. The molecule has 0 spiro atoms. The van der Waals surface area contributed by atoms with Crippen LogP contribution in [0, 0.1) is 6.92 Å². The Bertz CT molecular complexity index is 262. The largest absolute Gasteiger partial charge is 1.00 e. The van der Waals surface area contributed by atoms with Gasteiger partial charge in [0.15, 0.2) is 0 Å². The van der Waals surface area contributed by atoms with Crippen molar-refractivity contribution in [1.82, 2.24) is 0 Å². The Morgan fingerprint density at radius 2 is 1.86 bits per heavy atom. The molecule has 82 valence electrons. The second kappa shape index (κ2) is 5.42. The van der Waals surface area contributed by atoms with Crippen LogP contribution in [0.4, 0.5) is 0 Å². The van der Waals surface area contributed by atoms with E-state index in [4.69, 9.17) is 4.42 Å². The Hall–Kier alpha value is -0.470. The quantitative estimate of drug-likeness (QED) is 0.604. The van der Waals surface area contributed by atoms with E-state index in [0.717, 1.165) is 22.4 Å². The summed E-state index contributed by atoms with van der Waals surface area (Å²) in [7, 11) is 6.65. The fourth-order valence-corrected chi connectivity index (χ4v) is 1.35. The predicted molar refractivity (Wildman–Crippen MR) is 54.7 cm³/mol. The van der Waals surface area contributed by atoms with Gasteiger partial charge in [-0.15, -0.1) is 0 Å². The van der Waals surface area contributed by atoms with Crippen molar-refractivity contribution >= 4 is 0 Å². The Balaban J connectivity index is 0.00000169. The SMILES string of the molecule is Cc1ccc(CCC[N+](C)(C)C)o1.[Cl-]. The summed E-state index contributed by atoms with van der Waals surface area (Å²) in [6.07, 6.45) is 2.25. The summed E-state index contributed by atoms with van der Waals surface area (Å²) in [6.45, 7) is 3.18. The van der Waals surface area contributed by atoms with Crippen molar-refractivity contribution in [3.8, 4) is 0 Å². The molecule has 0 aliphatic carbocycles. The number of quaternary nitrogens is 1. The number of nitrogens with zero attached hydrogens (tertiary/aromatic N) is 1. The zero-order valence-corrected chi connectivity index (χ0v) is 10.3. The number of hydrogen-bond acceptors (Lipinski definition) is 1. The molecule has 0 atom stereocenters. The van der Waals surface area contributed by atoms with Crippen LogP contribution in [0.15, 0.2) is 16.5 Å². The van der Waals surface area contributed by atoms with Crippen molar-refractivity contribution in [3.63, 3.8) is 0 Å². The molecule has 1 aromatic rings. The molecular weight excluding hydrogens is 198 g/mol. The lowest BCUT2D eigenvalue weighted by molar-refractivity contribution is -0.870. The summed E-state index contributed by atoms with van der Waals surface area (Å²) in [6, 6.07) is 4.10. The molecule has 0 aliphatic rings. The van der Waals surface area contributed by atoms with Crippen LogP contribution < -0.4 is 12.4 Å². The van der Waals surface area contributed by atoms with Crippen molar-refractivity contribution in [2.45, 2.75) is 19.8 Å². The van der Waals surface area contributed by atoms with Crippen LogP contribution in [0.1, 0.15) is 17.9 Å². The second-order valence-electron chi connectivity index (χ2n) is 4.63. The first-order valence-corrected chi connectivity index (χ1v) is 4.83. The average Bonchev–Trinajstić information content (AvgIpc) is 2.33. The minimum atomic E-state index is 0. The van der Waals surface area contributed by atoms with Gasteiger partial charge in [0, 0.05) is 12.8 Å². The third-order valence-electron chi connectivity index (χ3n) is 2.05. The van der Waals surface area contributed by atoms with E-state index < -0.39 is 0 Å². The van der Waals surface area contributed by atoms with Crippen LogP contribution in [-0.4, -0.2) is 32.2 Å². The monoisotopic (exact) mass is 217 g/mol. The smallest absolute Gasteiger partial charge is 0.104 e. The Morgan fingerprint density at radius 1 is 1.21 bits per heavy atom. The molecule has 0 fully saturated rings. The van der Waals surface area contributed by atoms with E-state index in [2.05, 4.69) is 27.2 Å². The van der Waals surface area contributed by atoms with Crippen molar-refractivity contribution in [1.29, 1.82) is 0 Å². The summed E-state index contributed by atoms with van der Waals surface area (Å²) in [5.41, 5.74) is 0. The highest BCUT2D eigenvalue weighted by Crippen LogP contribution is 2.09. The molecule has 1 heterocycles. The van der Waals surface area contributed by atoms with Gasteiger partial charge in [-0.1, -0.05) is 0 Å². The first-order chi connectivity index (χ1) is 5.97. The van der Waals surface area contributed by atoms with Crippen molar-refractivity contribution in [3.05, 3.63) is 23.7 Å². The van der Waals surface area contributed by atoms with Crippen LogP contribution in [-0.2, 0) is 6.42 Å². The maximum Gasteiger partial charge on any atom is 0.104 e. The maximum atomic E-state index is 5.49. The van der Waals surface area contributed by atoms with Gasteiger partial charge in [-0.3, -0.25) is 0 Å². The molecular formula is C11H20ClNO. The van der Waals surface area contributed by atoms with Gasteiger partial charge in [0.1, 0.15) is 11.5 Å². The topological polar surface area (TPSA) is 13.1 Å². The van der Waals surface area contributed by atoms with Gasteiger partial charge >= 0.3 is 0 Å². The average molecular weight is 218 g/mol. The highest BCUT2D eigenvalue weighted by molar-refractivity contribution is 5.05. The summed E-state index contributed by atoms with van der Waals surface area (Å²) >= 11 is 0. The molecule has 2 nitrogen and oxygen atoms in total. The molecule has 1 rings (SSSR count). The first kappa shape index (κ1) is 13.5. The lowest BCUT2D eigenvalue weighted by atomic mass is 10.2. The van der Waals surface area contributed by atoms with Crippen molar-refractivity contribution in [2.24, 2.45) is 0 Å². The van der Waals surface area contributed by atoms with Gasteiger partial charge in [-0.05, 0) is 19.1 Å². The highest BCUT2D eigenvalue weighted by Gasteiger charge is 2.07. The van der Waals surface area contributed by atoms with Gasteiger partial charge in [-0.2, -0.15) is 0 Å². The fraction of sp³-hybridized carbons (Fsp3) is 0.636. The molecule has 0 amide bonds. The number of furan rings is 1. The highest BCUT2D eigenvalue weighted by atomic mass is 35.5. The molecule has 0 N–H and O–H groups in total. The van der Waals surface area contributed by atoms with Crippen molar-refractivity contribution < 1.29 is 21.3 Å². The molecule has 3 heteroatoms. The Labute approximate surface area is 92.9 Å². The van der Waals surface area contributed by atoms with Gasteiger partial charge < -0.3 is 21.3 Å². The van der Waals surface area contributed by atoms with Crippen LogP contribution in [0.3, 0.4) is 0 Å². The van der Waals surface area contributed by atoms with Gasteiger partial charge in [0.2, 0.25) is 0 Å². The molecule has 1 aromatic heterocycles. The molecule has 14 heavy (non-hydrogen) atoms. The lowest BCUT2D eigenvalue weighted by Crippen LogP contribution is -3.00. The molecule has 0 bridgehead atoms. The molecule has 0 saturated heterocycles. The van der Waals surface area contributed by atoms with E-state index in [1.54, 1.807) is 0 Å². The van der Waals surface area contributed by atoms with Gasteiger partial charge in [0.05, 0.1) is 27.7 Å². The molecule has 0 unspecified atom stereocenters. The fourth-order valence-electron chi connectivity index (χ4n) is 1.35. The minimum absolute atomic E-state index is 0. The zero-order chi connectivity index (χ0) is 9.90. The number of aryl methyl sites for hydroxylation is 2. The second-order valence-corrected chi connectivity index (χ2v) is 4.63. The van der Waals surface area contributed by atoms with Crippen LogP contribution >= 0.6 is 0 Å². The summed E-state index contributed by atoms with van der Waals surface area (Å²) in [5, 5.41) is 0. The van der Waals surface area contributed by atoms with E-state index in [1.807, 2.05) is 13.0 Å². The maximum absolute atomic E-state index is 5.49. The van der Waals surface area contributed by atoms with Gasteiger partial charge in [0.25, 0.3) is 0 Å². The number of rotatable bonds is 4. The first-order valence-electron chi connectivity index (χ1n) is 4.83. The van der Waals surface area contributed by atoms with Crippen molar-refractivity contribution in [2.75, 3.05) is 27.7 Å². The van der Waals surface area contributed by atoms with Crippen LogP contribution in [0.2, 0.25) is 0 Å². The molecule has 0 radical (unpaired) electrons. The zero-order valence-electron chi connectivity index (χ0n) is 9.51. The van der Waals surface area contributed by atoms with Crippen LogP contribution in [0.25, 0.3) is 0 Å². The Kier molecular flexibility index (Phi) is 5.24. The predicted octanol–water partition coefficient (Wildman–Crippen LogP) is -0.769. The summed E-state index contributed by atoms with van der Waals surface area (Å²) in [5.74, 6) is 2.13. The lowest BCUT2D eigenvalue weighted by Gasteiger charge is -2.23. The molecule has 0 aliphatic heterocycles. The number of halogens is 1. The summed E-state index contributed by atoms with van der Waals surface area (Å²) < 4.78 is 6.52. The van der Waals surface area contributed by atoms with E-state index in [9.17, 15) is 0 Å². The summed E-state index contributed by atoms with van der Waals surface area (Å²) in [4.78, 5) is 0.